The fraction of sp³-hybridized carbons (Fsp3) is 0.300. The van der Waals surface area contributed by atoms with Gasteiger partial charge in [0.2, 0.25) is 17.2 Å². The molecule has 0 aliphatic carbocycles. The van der Waals surface area contributed by atoms with Gasteiger partial charge in [-0.25, -0.2) is 0 Å². The minimum atomic E-state index is -0.364. The third-order valence-electron chi connectivity index (χ3n) is 4.27. The number of aliphatic imine (C=N–C) groups is 1. The Balaban J connectivity index is 1.96. The van der Waals surface area contributed by atoms with E-state index in [4.69, 9.17) is 44.9 Å². The van der Waals surface area contributed by atoms with Crippen LogP contribution in [-0.4, -0.2) is 29.6 Å². The molecule has 1 aliphatic heterocycles. The maximum atomic E-state index is 6.25. The number of benzene rings is 2. The smallest absolute Gasteiger partial charge is 0.225 e. The predicted molar refractivity (Wildman–Crippen MR) is 114 cm³/mol. The largest absolute Gasteiger partial charge is 0.497 e. The Bertz CT molecular complexity index is 856. The number of ether oxygens (including phenoxy) is 2. The van der Waals surface area contributed by atoms with Crippen molar-refractivity contribution in [1.82, 2.24) is 4.90 Å². The molecule has 0 aromatic heterocycles. The van der Waals surface area contributed by atoms with Crippen LogP contribution in [0.1, 0.15) is 37.1 Å². The molecule has 1 unspecified atom stereocenters. The van der Waals surface area contributed by atoms with Crippen molar-refractivity contribution in [3.63, 3.8) is 0 Å². The molecule has 0 spiro atoms. The summed E-state index contributed by atoms with van der Waals surface area (Å²) < 4.78 is 11.5. The molecule has 0 saturated carbocycles. The van der Waals surface area contributed by atoms with E-state index in [0.717, 1.165) is 36.3 Å². The Morgan fingerprint density at radius 3 is 2.52 bits per heavy atom. The summed E-state index contributed by atoms with van der Waals surface area (Å²) in [5.41, 5.74) is 1.71. The van der Waals surface area contributed by atoms with E-state index >= 15 is 0 Å². The number of hydrogen-bond donors (Lipinski definition) is 0. The molecular weight excluding hydrogens is 403 g/mol. The highest BCUT2D eigenvalue weighted by atomic mass is 35.5. The van der Waals surface area contributed by atoms with Gasteiger partial charge in [0.25, 0.3) is 0 Å². The number of nitrogens with zero attached hydrogens (tertiary/aromatic N) is 2. The number of rotatable bonds is 6. The van der Waals surface area contributed by atoms with Gasteiger partial charge in [-0.3, -0.25) is 0 Å². The number of hydrogen-bond acceptors (Lipinski definition) is 3. The topological polar surface area (TPSA) is 34.1 Å². The van der Waals surface area contributed by atoms with Gasteiger partial charge in [-0.2, -0.15) is 4.99 Å². The van der Waals surface area contributed by atoms with Gasteiger partial charge in [-0.05, 0) is 61.1 Å². The van der Waals surface area contributed by atoms with Crippen LogP contribution in [0.4, 0.5) is 0 Å². The molecule has 142 valence electrons. The van der Waals surface area contributed by atoms with Crippen LogP contribution in [0.5, 0.6) is 5.75 Å². The van der Waals surface area contributed by atoms with Crippen LogP contribution in [0.3, 0.4) is 0 Å². The van der Waals surface area contributed by atoms with Crippen LogP contribution in [0.15, 0.2) is 47.5 Å². The van der Waals surface area contributed by atoms with E-state index < -0.39 is 0 Å². The van der Waals surface area contributed by atoms with Crippen molar-refractivity contribution in [3.05, 3.63) is 63.6 Å². The van der Waals surface area contributed by atoms with Crippen LogP contribution in [-0.2, 0) is 4.74 Å². The quantitative estimate of drug-likeness (QED) is 0.545. The summed E-state index contributed by atoms with van der Waals surface area (Å²) in [6.45, 7) is 2.91. The Hall–Kier alpha value is -1.82. The van der Waals surface area contributed by atoms with Crippen molar-refractivity contribution < 1.29 is 9.47 Å². The number of unbranched alkanes of at least 4 members (excludes halogenated alkanes) is 1. The first kappa shape index (κ1) is 19.9. The van der Waals surface area contributed by atoms with Crippen LogP contribution in [0.25, 0.3) is 0 Å². The maximum absolute atomic E-state index is 6.25. The van der Waals surface area contributed by atoms with Crippen molar-refractivity contribution in [2.75, 3.05) is 13.7 Å². The van der Waals surface area contributed by atoms with Gasteiger partial charge in [0.1, 0.15) is 5.75 Å². The molecule has 0 amide bonds. The van der Waals surface area contributed by atoms with Gasteiger partial charge >= 0.3 is 0 Å². The zero-order valence-electron chi connectivity index (χ0n) is 15.1. The van der Waals surface area contributed by atoms with Gasteiger partial charge in [0.15, 0.2) is 0 Å². The average molecular weight is 423 g/mol. The first-order valence-corrected chi connectivity index (χ1v) is 9.85. The van der Waals surface area contributed by atoms with Crippen molar-refractivity contribution in [1.29, 1.82) is 0 Å². The highest BCUT2D eigenvalue weighted by Crippen LogP contribution is 2.31. The van der Waals surface area contributed by atoms with Crippen LogP contribution < -0.4 is 4.74 Å². The maximum Gasteiger partial charge on any atom is 0.225 e. The monoisotopic (exact) mass is 422 g/mol. The normalized spacial score (nSPS) is 16.7. The lowest BCUT2D eigenvalue weighted by Crippen LogP contribution is -2.40. The molecule has 1 atom stereocenters. The Morgan fingerprint density at radius 2 is 1.89 bits per heavy atom. The summed E-state index contributed by atoms with van der Waals surface area (Å²) in [5.74, 6) is 1.22. The average Bonchev–Trinajstić information content (AvgIpc) is 2.68. The third kappa shape index (κ3) is 4.54. The molecule has 7 heteroatoms. The number of methoxy groups -OCH3 is 1. The van der Waals surface area contributed by atoms with Crippen LogP contribution in [0.2, 0.25) is 10.0 Å². The van der Waals surface area contributed by atoms with E-state index in [1.54, 1.807) is 19.2 Å². The summed E-state index contributed by atoms with van der Waals surface area (Å²) in [4.78, 5) is 6.49. The zero-order valence-corrected chi connectivity index (χ0v) is 17.4. The lowest BCUT2D eigenvalue weighted by atomic mass is 10.1. The van der Waals surface area contributed by atoms with E-state index in [1.807, 2.05) is 35.2 Å². The first-order chi connectivity index (χ1) is 13.0. The second-order valence-electron chi connectivity index (χ2n) is 6.12. The van der Waals surface area contributed by atoms with Crippen molar-refractivity contribution >= 4 is 46.4 Å². The van der Waals surface area contributed by atoms with Gasteiger partial charge < -0.3 is 14.4 Å². The van der Waals surface area contributed by atoms with Gasteiger partial charge in [-0.15, -0.1) is 0 Å². The Labute approximate surface area is 174 Å². The molecular formula is C20H20Cl2N2O2S. The van der Waals surface area contributed by atoms with E-state index in [2.05, 4.69) is 11.9 Å². The molecule has 27 heavy (non-hydrogen) atoms. The standard InChI is InChI=1S/C20H20Cl2N2O2S/c1-3-4-11-24-19(13-5-8-15(25-2)9-6-13)26-18(23-20(24)27)14-7-10-16(21)17(22)12-14/h5-10,12,19H,3-4,11H2,1-2H3. The van der Waals surface area contributed by atoms with Crippen LogP contribution in [0, 0.1) is 0 Å². The summed E-state index contributed by atoms with van der Waals surface area (Å²) in [5, 5.41) is 1.42. The Morgan fingerprint density at radius 1 is 1.15 bits per heavy atom. The second-order valence-corrected chi connectivity index (χ2v) is 7.30. The molecule has 1 heterocycles. The van der Waals surface area contributed by atoms with E-state index in [9.17, 15) is 0 Å². The summed E-state index contributed by atoms with van der Waals surface area (Å²) >= 11 is 17.8. The van der Waals surface area contributed by atoms with Gasteiger partial charge in [0, 0.05) is 17.7 Å². The molecule has 0 N–H and O–H groups in total. The molecule has 2 aromatic rings. The van der Waals surface area contributed by atoms with Gasteiger partial charge in [0.05, 0.1) is 17.2 Å². The van der Waals surface area contributed by atoms with Crippen molar-refractivity contribution in [2.45, 2.75) is 26.0 Å². The zero-order chi connectivity index (χ0) is 19.4. The number of thiocarbonyl (C=S) groups is 1. The molecule has 3 rings (SSSR count). The fourth-order valence-corrected chi connectivity index (χ4v) is 3.33. The van der Waals surface area contributed by atoms with E-state index in [1.165, 1.54) is 0 Å². The minimum absolute atomic E-state index is 0.364. The minimum Gasteiger partial charge on any atom is -0.497 e. The summed E-state index contributed by atoms with van der Waals surface area (Å²) in [7, 11) is 1.64. The SMILES string of the molecule is CCCCN1C(=S)N=C(c2ccc(Cl)c(Cl)c2)OC1c1ccc(OC)cc1. The lowest BCUT2D eigenvalue weighted by Gasteiger charge is -2.36. The number of halogens is 2. The molecule has 0 radical (unpaired) electrons. The highest BCUT2D eigenvalue weighted by Gasteiger charge is 2.30. The third-order valence-corrected chi connectivity index (χ3v) is 5.33. The van der Waals surface area contributed by atoms with E-state index in [0.29, 0.717) is 21.1 Å². The van der Waals surface area contributed by atoms with E-state index in [-0.39, 0.29) is 6.23 Å². The Kier molecular flexibility index (Phi) is 6.58. The highest BCUT2D eigenvalue weighted by molar-refractivity contribution is 7.80. The van der Waals surface area contributed by atoms with Crippen LogP contribution >= 0.6 is 35.4 Å². The van der Waals surface area contributed by atoms with Crippen molar-refractivity contribution in [2.24, 2.45) is 4.99 Å². The lowest BCUT2D eigenvalue weighted by molar-refractivity contribution is 0.0577. The van der Waals surface area contributed by atoms with Crippen molar-refractivity contribution in [3.8, 4) is 5.75 Å². The first-order valence-electron chi connectivity index (χ1n) is 8.68. The predicted octanol–water partition coefficient (Wildman–Crippen LogP) is 5.86. The molecule has 1 aliphatic rings. The second kappa shape index (κ2) is 8.91. The summed E-state index contributed by atoms with van der Waals surface area (Å²) in [6, 6.07) is 13.0. The molecule has 4 nitrogen and oxygen atoms in total. The molecule has 0 fully saturated rings. The molecule has 0 bridgehead atoms. The van der Waals surface area contributed by atoms with Gasteiger partial charge in [-0.1, -0.05) is 36.5 Å². The molecule has 0 saturated heterocycles. The summed E-state index contributed by atoms with van der Waals surface area (Å²) in [6.07, 6.45) is 1.68. The fourth-order valence-electron chi connectivity index (χ4n) is 2.77. The molecule has 2 aromatic carbocycles.